The number of rotatable bonds is 4. The van der Waals surface area contributed by atoms with Crippen molar-refractivity contribution in [2.45, 2.75) is 26.4 Å². The van der Waals surface area contributed by atoms with Gasteiger partial charge < -0.3 is 5.32 Å². The lowest BCUT2D eigenvalue weighted by molar-refractivity contribution is 0.588. The third-order valence-electron chi connectivity index (χ3n) is 3.01. The predicted octanol–water partition coefficient (Wildman–Crippen LogP) is 4.78. The second kappa shape index (κ2) is 6.33. The fourth-order valence-electron chi connectivity index (χ4n) is 1.93. The van der Waals surface area contributed by atoms with Gasteiger partial charge in [0, 0.05) is 17.6 Å². The van der Waals surface area contributed by atoms with Crippen LogP contribution >= 0.6 is 11.6 Å². The molecule has 0 aliphatic rings. The smallest absolute Gasteiger partial charge is 0.133 e. The van der Waals surface area contributed by atoms with Crippen molar-refractivity contribution < 1.29 is 8.78 Å². The minimum absolute atomic E-state index is 0.0437. The standard InChI is InChI=1S/C16H16ClF2N/c1-10(2)20-9-12-7-6-11(8-13(12)17)16-14(18)4-3-5-15(16)19/h3-8,10,20H,9H2,1-2H3. The van der Waals surface area contributed by atoms with E-state index in [9.17, 15) is 8.78 Å². The summed E-state index contributed by atoms with van der Waals surface area (Å²) in [6.45, 7) is 4.70. The fraction of sp³-hybridized carbons (Fsp3) is 0.250. The quantitative estimate of drug-likeness (QED) is 0.855. The van der Waals surface area contributed by atoms with E-state index in [0.29, 0.717) is 23.2 Å². The van der Waals surface area contributed by atoms with E-state index in [4.69, 9.17) is 11.6 Å². The van der Waals surface area contributed by atoms with E-state index >= 15 is 0 Å². The van der Waals surface area contributed by atoms with Gasteiger partial charge in [-0.2, -0.15) is 0 Å². The lowest BCUT2D eigenvalue weighted by atomic mass is 10.0. The van der Waals surface area contributed by atoms with Crippen molar-refractivity contribution in [2.75, 3.05) is 0 Å². The number of hydrogen-bond donors (Lipinski definition) is 1. The second-order valence-corrected chi connectivity index (χ2v) is 5.35. The maximum absolute atomic E-state index is 13.7. The molecule has 2 rings (SSSR count). The highest BCUT2D eigenvalue weighted by atomic mass is 35.5. The topological polar surface area (TPSA) is 12.0 Å². The molecule has 0 bridgehead atoms. The highest BCUT2D eigenvalue weighted by molar-refractivity contribution is 6.31. The highest BCUT2D eigenvalue weighted by Gasteiger charge is 2.12. The van der Waals surface area contributed by atoms with Gasteiger partial charge in [0.05, 0.1) is 5.56 Å². The summed E-state index contributed by atoms with van der Waals surface area (Å²) < 4.78 is 27.5. The molecule has 0 radical (unpaired) electrons. The van der Waals surface area contributed by atoms with Gasteiger partial charge in [-0.15, -0.1) is 0 Å². The van der Waals surface area contributed by atoms with Crippen LogP contribution in [0.1, 0.15) is 19.4 Å². The van der Waals surface area contributed by atoms with Crippen LogP contribution in [0.4, 0.5) is 8.78 Å². The first-order chi connectivity index (χ1) is 9.49. The molecule has 0 heterocycles. The van der Waals surface area contributed by atoms with Crippen molar-refractivity contribution in [2.24, 2.45) is 0 Å². The molecule has 2 aromatic carbocycles. The largest absolute Gasteiger partial charge is 0.310 e. The molecule has 0 aromatic heterocycles. The van der Waals surface area contributed by atoms with Gasteiger partial charge in [0.25, 0.3) is 0 Å². The van der Waals surface area contributed by atoms with Crippen molar-refractivity contribution in [1.29, 1.82) is 0 Å². The molecule has 4 heteroatoms. The molecule has 0 aliphatic carbocycles. The molecule has 0 aliphatic heterocycles. The first-order valence-electron chi connectivity index (χ1n) is 6.45. The van der Waals surface area contributed by atoms with E-state index in [1.165, 1.54) is 18.2 Å². The summed E-state index contributed by atoms with van der Waals surface area (Å²) in [5.74, 6) is -1.18. The lowest BCUT2D eigenvalue weighted by Crippen LogP contribution is -2.21. The van der Waals surface area contributed by atoms with E-state index in [0.717, 1.165) is 5.56 Å². The van der Waals surface area contributed by atoms with Gasteiger partial charge in [0.2, 0.25) is 0 Å². The Bertz CT molecular complexity index is 591. The highest BCUT2D eigenvalue weighted by Crippen LogP contribution is 2.29. The van der Waals surface area contributed by atoms with Crippen molar-refractivity contribution in [1.82, 2.24) is 5.32 Å². The molecule has 106 valence electrons. The summed E-state index contributed by atoms with van der Waals surface area (Å²) >= 11 is 6.18. The fourth-order valence-corrected chi connectivity index (χ4v) is 2.18. The molecular formula is C16H16ClF2N. The minimum Gasteiger partial charge on any atom is -0.310 e. The molecular weight excluding hydrogens is 280 g/mol. The van der Waals surface area contributed by atoms with E-state index in [-0.39, 0.29) is 5.56 Å². The zero-order valence-corrected chi connectivity index (χ0v) is 12.1. The van der Waals surface area contributed by atoms with Gasteiger partial charge in [-0.05, 0) is 29.3 Å². The summed E-state index contributed by atoms with van der Waals surface area (Å²) in [5.41, 5.74) is 1.30. The Balaban J connectivity index is 2.34. The van der Waals surface area contributed by atoms with Crippen molar-refractivity contribution in [3.8, 4) is 11.1 Å². The van der Waals surface area contributed by atoms with Crippen molar-refractivity contribution in [3.63, 3.8) is 0 Å². The van der Waals surface area contributed by atoms with Gasteiger partial charge in [0.15, 0.2) is 0 Å². The monoisotopic (exact) mass is 295 g/mol. The third-order valence-corrected chi connectivity index (χ3v) is 3.36. The SMILES string of the molecule is CC(C)NCc1ccc(-c2c(F)cccc2F)cc1Cl. The molecule has 1 nitrogen and oxygen atoms in total. The van der Waals surface area contributed by atoms with Crippen molar-refractivity contribution in [3.05, 3.63) is 58.6 Å². The van der Waals surface area contributed by atoms with Gasteiger partial charge in [-0.3, -0.25) is 0 Å². The summed E-state index contributed by atoms with van der Waals surface area (Å²) in [6.07, 6.45) is 0. The molecule has 2 aromatic rings. The zero-order chi connectivity index (χ0) is 14.7. The Kier molecular flexibility index (Phi) is 4.73. The Labute approximate surface area is 122 Å². The number of halogens is 3. The van der Waals surface area contributed by atoms with E-state index < -0.39 is 11.6 Å². The maximum Gasteiger partial charge on any atom is 0.133 e. The first-order valence-corrected chi connectivity index (χ1v) is 6.83. The van der Waals surface area contributed by atoms with Crippen LogP contribution in [0.3, 0.4) is 0 Å². The Morgan fingerprint density at radius 1 is 1.10 bits per heavy atom. The van der Waals surface area contributed by atoms with Gasteiger partial charge in [0.1, 0.15) is 11.6 Å². The Hall–Kier alpha value is -1.45. The van der Waals surface area contributed by atoms with Crippen LogP contribution in [-0.2, 0) is 6.54 Å². The summed E-state index contributed by atoms with van der Waals surface area (Å²) in [6, 6.07) is 9.23. The lowest BCUT2D eigenvalue weighted by Gasteiger charge is -2.11. The number of benzene rings is 2. The average Bonchev–Trinajstić information content (AvgIpc) is 2.37. The summed E-state index contributed by atoms with van der Waals surface area (Å²) in [4.78, 5) is 0. The van der Waals surface area contributed by atoms with Gasteiger partial charge >= 0.3 is 0 Å². The normalized spacial score (nSPS) is 11.1. The van der Waals surface area contributed by atoms with Crippen LogP contribution < -0.4 is 5.32 Å². The van der Waals surface area contributed by atoms with Crippen LogP contribution in [0, 0.1) is 11.6 Å². The second-order valence-electron chi connectivity index (χ2n) is 4.94. The Morgan fingerprint density at radius 3 is 2.30 bits per heavy atom. The third kappa shape index (κ3) is 3.35. The average molecular weight is 296 g/mol. The minimum atomic E-state index is -0.589. The molecule has 20 heavy (non-hydrogen) atoms. The van der Waals surface area contributed by atoms with Gasteiger partial charge in [-0.1, -0.05) is 43.6 Å². The summed E-state index contributed by atoms with van der Waals surface area (Å²) in [5, 5.41) is 3.75. The van der Waals surface area contributed by atoms with E-state index in [1.807, 2.05) is 13.8 Å². The number of nitrogens with one attached hydrogen (secondary N) is 1. The van der Waals surface area contributed by atoms with E-state index in [1.54, 1.807) is 18.2 Å². The molecule has 0 atom stereocenters. The number of hydrogen-bond acceptors (Lipinski definition) is 1. The molecule has 0 amide bonds. The molecule has 0 saturated carbocycles. The van der Waals surface area contributed by atoms with Crippen LogP contribution in [0.2, 0.25) is 5.02 Å². The van der Waals surface area contributed by atoms with Crippen LogP contribution in [-0.4, -0.2) is 6.04 Å². The first kappa shape index (κ1) is 14.9. The van der Waals surface area contributed by atoms with E-state index in [2.05, 4.69) is 5.32 Å². The molecule has 1 N–H and O–H groups in total. The van der Waals surface area contributed by atoms with Gasteiger partial charge in [-0.25, -0.2) is 8.78 Å². The summed E-state index contributed by atoms with van der Waals surface area (Å²) in [7, 11) is 0. The zero-order valence-electron chi connectivity index (χ0n) is 11.4. The van der Waals surface area contributed by atoms with Crippen LogP contribution in [0.15, 0.2) is 36.4 Å². The molecule has 0 fully saturated rings. The molecule has 0 spiro atoms. The van der Waals surface area contributed by atoms with Crippen LogP contribution in [0.5, 0.6) is 0 Å². The Morgan fingerprint density at radius 2 is 1.75 bits per heavy atom. The molecule has 0 unspecified atom stereocenters. The predicted molar refractivity (Wildman–Crippen MR) is 78.8 cm³/mol. The van der Waals surface area contributed by atoms with Crippen molar-refractivity contribution >= 4 is 11.6 Å². The maximum atomic E-state index is 13.7. The molecule has 0 saturated heterocycles. The van der Waals surface area contributed by atoms with Crippen LogP contribution in [0.25, 0.3) is 11.1 Å².